The number of sulfone groups is 3. The lowest BCUT2D eigenvalue weighted by molar-refractivity contribution is 0.109. The van der Waals surface area contributed by atoms with E-state index in [0.717, 1.165) is 0 Å². The molecular formula is C15H21N3O9S3. The zero-order chi connectivity index (χ0) is 24.0. The number of hydrogen-bond acceptors (Lipinski definition) is 12. The van der Waals surface area contributed by atoms with Crippen LogP contribution in [0, 0.1) is 0 Å². The summed E-state index contributed by atoms with van der Waals surface area (Å²) in [5.74, 6) is -3.25. The molecule has 0 radical (unpaired) electrons. The van der Waals surface area contributed by atoms with Gasteiger partial charge in [0.2, 0.25) is 44.3 Å². The lowest BCUT2D eigenvalue weighted by atomic mass is 10.3. The van der Waals surface area contributed by atoms with Gasteiger partial charge in [-0.1, -0.05) is 19.7 Å². The van der Waals surface area contributed by atoms with Crippen molar-refractivity contribution in [3.63, 3.8) is 0 Å². The van der Waals surface area contributed by atoms with Crippen LogP contribution in [0.3, 0.4) is 0 Å². The molecule has 0 aliphatic rings. The molecule has 3 unspecified atom stereocenters. The van der Waals surface area contributed by atoms with E-state index in [4.69, 9.17) is 0 Å². The maximum Gasteiger partial charge on any atom is 0.227 e. The second-order valence-electron chi connectivity index (χ2n) is 6.39. The van der Waals surface area contributed by atoms with Gasteiger partial charge in [-0.3, -0.25) is 0 Å². The van der Waals surface area contributed by atoms with Gasteiger partial charge in [0.15, 0.2) is 17.5 Å². The average molecular weight is 484 g/mol. The van der Waals surface area contributed by atoms with E-state index in [1.807, 2.05) is 0 Å². The zero-order valence-electron chi connectivity index (χ0n) is 16.2. The van der Waals surface area contributed by atoms with Gasteiger partial charge < -0.3 is 15.3 Å². The lowest BCUT2D eigenvalue weighted by Crippen LogP contribution is -2.41. The summed E-state index contributed by atoms with van der Waals surface area (Å²) < 4.78 is 73.1. The molecule has 1 aromatic heterocycles. The second kappa shape index (κ2) is 7.58. The third kappa shape index (κ3) is 3.95. The Morgan fingerprint density at radius 1 is 0.600 bits per heavy atom. The van der Waals surface area contributed by atoms with E-state index in [2.05, 4.69) is 34.7 Å². The minimum absolute atomic E-state index is 0.355. The molecule has 0 aromatic carbocycles. The van der Waals surface area contributed by atoms with Crippen LogP contribution < -0.4 is 0 Å². The van der Waals surface area contributed by atoms with Gasteiger partial charge in [0.25, 0.3) is 0 Å². The Hall–Kier alpha value is -2.04. The van der Waals surface area contributed by atoms with E-state index in [-0.39, 0.29) is 0 Å². The van der Waals surface area contributed by atoms with E-state index < -0.39 is 61.8 Å². The number of nitrogens with zero attached hydrogens (tertiary/aromatic N) is 3. The molecule has 0 spiro atoms. The molecule has 3 N–H and O–H groups in total. The van der Waals surface area contributed by atoms with E-state index >= 15 is 0 Å². The molecule has 12 nitrogen and oxygen atoms in total. The van der Waals surface area contributed by atoms with Crippen LogP contribution in [-0.4, -0.2) is 55.5 Å². The van der Waals surface area contributed by atoms with Crippen LogP contribution in [0.2, 0.25) is 0 Å². The van der Waals surface area contributed by atoms with Crippen LogP contribution in [0.15, 0.2) is 36.0 Å². The van der Waals surface area contributed by atoms with Gasteiger partial charge >= 0.3 is 0 Å². The van der Waals surface area contributed by atoms with Crippen LogP contribution in [-0.2, 0) is 44.3 Å². The Morgan fingerprint density at radius 2 is 0.767 bits per heavy atom. The molecule has 0 saturated heterocycles. The van der Waals surface area contributed by atoms with Crippen molar-refractivity contribution >= 4 is 29.5 Å². The Kier molecular flexibility index (Phi) is 6.57. The van der Waals surface area contributed by atoms with Crippen molar-refractivity contribution in [2.75, 3.05) is 0 Å². The Morgan fingerprint density at radius 3 is 0.900 bits per heavy atom. The molecule has 30 heavy (non-hydrogen) atoms. The van der Waals surface area contributed by atoms with E-state index in [9.17, 15) is 40.6 Å². The fourth-order valence-corrected chi connectivity index (χ4v) is 3.88. The Balaban J connectivity index is 4.17. The average Bonchev–Trinajstić information content (AvgIpc) is 2.66. The van der Waals surface area contributed by atoms with Crippen molar-refractivity contribution in [2.24, 2.45) is 0 Å². The SMILES string of the molecule is C=CS(=O)(=O)C(C)(O)c1nc(C(C)(O)S(=O)(=O)C=C)nc(C(C)(O)S(=O)(=O)C=C)n1. The van der Waals surface area contributed by atoms with Gasteiger partial charge in [-0.15, -0.1) is 0 Å². The van der Waals surface area contributed by atoms with E-state index in [0.29, 0.717) is 37.0 Å². The molecule has 0 amide bonds. The summed E-state index contributed by atoms with van der Waals surface area (Å²) in [6.07, 6.45) is 0. The van der Waals surface area contributed by atoms with Crippen molar-refractivity contribution in [1.29, 1.82) is 0 Å². The van der Waals surface area contributed by atoms with Gasteiger partial charge in [0.1, 0.15) is 0 Å². The molecule has 1 rings (SSSR count). The molecular weight excluding hydrogens is 462 g/mol. The summed E-state index contributed by atoms with van der Waals surface area (Å²) in [6, 6.07) is 0. The molecule has 0 fully saturated rings. The molecule has 0 saturated carbocycles. The maximum absolute atomic E-state index is 12.2. The van der Waals surface area contributed by atoms with E-state index in [1.54, 1.807) is 0 Å². The molecule has 1 aromatic rings. The molecule has 0 aliphatic heterocycles. The summed E-state index contributed by atoms with van der Waals surface area (Å²) in [6.45, 7) is 11.2. The summed E-state index contributed by atoms with van der Waals surface area (Å²) in [5.41, 5.74) is 0. The smallest absolute Gasteiger partial charge is 0.227 e. The van der Waals surface area contributed by atoms with Crippen molar-refractivity contribution in [3.8, 4) is 0 Å². The number of hydrogen-bond donors (Lipinski definition) is 3. The fourth-order valence-electron chi connectivity index (χ4n) is 1.87. The highest BCUT2D eigenvalue weighted by atomic mass is 32.2. The van der Waals surface area contributed by atoms with Crippen LogP contribution in [0.4, 0.5) is 0 Å². The van der Waals surface area contributed by atoms with Crippen molar-refractivity contribution in [1.82, 2.24) is 15.0 Å². The van der Waals surface area contributed by atoms with Gasteiger partial charge in [0, 0.05) is 16.2 Å². The maximum atomic E-state index is 12.2. The first-order valence-electron chi connectivity index (χ1n) is 7.81. The first-order chi connectivity index (χ1) is 13.2. The molecule has 3 atom stereocenters. The Bertz CT molecular complexity index is 1050. The highest BCUT2D eigenvalue weighted by molar-refractivity contribution is 7.95. The molecule has 15 heteroatoms. The van der Waals surface area contributed by atoms with Crippen LogP contribution in [0.25, 0.3) is 0 Å². The van der Waals surface area contributed by atoms with Crippen molar-refractivity contribution in [2.45, 2.75) is 35.6 Å². The van der Waals surface area contributed by atoms with Crippen LogP contribution in [0.1, 0.15) is 38.2 Å². The van der Waals surface area contributed by atoms with Crippen molar-refractivity contribution < 1.29 is 40.6 Å². The van der Waals surface area contributed by atoms with Crippen LogP contribution >= 0.6 is 0 Å². The summed E-state index contributed by atoms with van der Waals surface area (Å²) in [7, 11) is -13.8. The molecule has 168 valence electrons. The van der Waals surface area contributed by atoms with Crippen molar-refractivity contribution in [3.05, 3.63) is 53.4 Å². The zero-order valence-corrected chi connectivity index (χ0v) is 18.7. The minimum atomic E-state index is -4.59. The first-order valence-corrected chi connectivity index (χ1v) is 12.4. The summed E-state index contributed by atoms with van der Waals surface area (Å²) in [4.78, 5) is 1.65. The van der Waals surface area contributed by atoms with Gasteiger partial charge in [-0.05, 0) is 20.8 Å². The second-order valence-corrected chi connectivity index (χ2v) is 13.0. The van der Waals surface area contributed by atoms with Gasteiger partial charge in [0.05, 0.1) is 0 Å². The third-order valence-electron chi connectivity index (χ3n) is 4.20. The van der Waals surface area contributed by atoms with E-state index in [1.165, 1.54) is 0 Å². The van der Waals surface area contributed by atoms with Gasteiger partial charge in [-0.2, -0.15) is 0 Å². The quantitative estimate of drug-likeness (QED) is 0.389. The standard InChI is InChI=1S/C15H21N3O9S3/c1-7-28(22,23)13(4,19)10-16-11(14(5,20)29(24,25)8-2)18-12(17-10)15(6,21)30(26,27)9-3/h7-9,19-21H,1-3H2,4-6H3. The largest absolute Gasteiger partial charge is 0.368 e. The lowest BCUT2D eigenvalue weighted by Gasteiger charge is -2.27. The highest BCUT2D eigenvalue weighted by Gasteiger charge is 2.48. The van der Waals surface area contributed by atoms with Gasteiger partial charge in [-0.25, -0.2) is 40.2 Å². The molecule has 0 bridgehead atoms. The third-order valence-corrected chi connectivity index (χ3v) is 9.39. The molecule has 1 heterocycles. The minimum Gasteiger partial charge on any atom is -0.368 e. The number of aliphatic hydroxyl groups is 3. The number of aromatic nitrogens is 3. The first kappa shape index (κ1) is 26.0. The topological polar surface area (TPSA) is 202 Å². The highest BCUT2D eigenvalue weighted by Crippen LogP contribution is 2.33. The fraction of sp³-hybridized carbons (Fsp3) is 0.400. The number of rotatable bonds is 9. The molecule has 0 aliphatic carbocycles. The predicted molar refractivity (Wildman–Crippen MR) is 106 cm³/mol. The summed E-state index contributed by atoms with van der Waals surface area (Å²) >= 11 is 0. The predicted octanol–water partition coefficient (Wildman–Crippen LogP) is -0.958. The Labute approximate surface area is 174 Å². The van der Waals surface area contributed by atoms with Crippen LogP contribution in [0.5, 0.6) is 0 Å². The monoisotopic (exact) mass is 483 g/mol. The normalized spacial score (nSPS) is 19.0. The summed E-state index contributed by atoms with van der Waals surface area (Å²) in [5, 5.41) is 32.6.